The van der Waals surface area contributed by atoms with Crippen LogP contribution < -0.4 is 15.8 Å². The van der Waals surface area contributed by atoms with Gasteiger partial charge in [0.25, 0.3) is 11.6 Å². The van der Waals surface area contributed by atoms with E-state index < -0.39 is 4.92 Å². The third-order valence-corrected chi connectivity index (χ3v) is 4.00. The number of nitrogens with two attached hydrogens (primary N) is 1. The number of rotatable bonds is 7. The van der Waals surface area contributed by atoms with Crippen LogP contribution >= 0.6 is 12.4 Å². The van der Waals surface area contributed by atoms with Crippen molar-refractivity contribution in [2.45, 2.75) is 12.8 Å². The van der Waals surface area contributed by atoms with E-state index in [1.54, 1.807) is 4.90 Å². The number of nitrogens with zero attached hydrogens (tertiary/aromatic N) is 2. The minimum Gasteiger partial charge on any atom is -0.484 e. The first-order valence-corrected chi connectivity index (χ1v) is 8.14. The molecule has 144 valence electrons. The highest BCUT2D eigenvalue weighted by molar-refractivity contribution is 5.85. The SMILES string of the molecule is Cl.NCCNC(=O)C1CCCN(C(=O)COc2ccc([N+](=O)[O-])cc2)C1. The normalized spacial score (nSPS) is 16.3. The van der Waals surface area contributed by atoms with Crippen molar-refractivity contribution in [2.75, 3.05) is 32.8 Å². The number of hydrogen-bond acceptors (Lipinski definition) is 6. The van der Waals surface area contributed by atoms with Gasteiger partial charge in [-0.05, 0) is 25.0 Å². The lowest BCUT2D eigenvalue weighted by Crippen LogP contribution is -2.47. The van der Waals surface area contributed by atoms with E-state index in [0.29, 0.717) is 31.9 Å². The number of nitro groups is 1. The Morgan fingerprint density at radius 1 is 1.35 bits per heavy atom. The molecule has 1 heterocycles. The molecule has 0 bridgehead atoms. The molecule has 2 rings (SSSR count). The van der Waals surface area contributed by atoms with Gasteiger partial charge in [0.2, 0.25) is 5.91 Å². The van der Waals surface area contributed by atoms with E-state index in [9.17, 15) is 19.7 Å². The Balaban J connectivity index is 0.00000338. The zero-order valence-electron chi connectivity index (χ0n) is 14.3. The Labute approximate surface area is 157 Å². The fourth-order valence-electron chi connectivity index (χ4n) is 2.66. The average molecular weight is 387 g/mol. The van der Waals surface area contributed by atoms with E-state index in [2.05, 4.69) is 5.32 Å². The molecule has 10 heteroatoms. The van der Waals surface area contributed by atoms with Crippen LogP contribution in [0.5, 0.6) is 5.75 Å². The lowest BCUT2D eigenvalue weighted by atomic mass is 9.97. The summed E-state index contributed by atoms with van der Waals surface area (Å²) in [5.41, 5.74) is 5.33. The van der Waals surface area contributed by atoms with Crippen molar-refractivity contribution in [3.63, 3.8) is 0 Å². The Bertz CT molecular complexity index is 626. The summed E-state index contributed by atoms with van der Waals surface area (Å²) in [6.07, 6.45) is 1.49. The lowest BCUT2D eigenvalue weighted by Gasteiger charge is -2.32. The number of benzene rings is 1. The van der Waals surface area contributed by atoms with Gasteiger partial charge in [-0.25, -0.2) is 0 Å². The molecule has 1 unspecified atom stereocenters. The minimum atomic E-state index is -0.501. The predicted octanol–water partition coefficient (Wildman–Crippen LogP) is 0.709. The van der Waals surface area contributed by atoms with Crippen molar-refractivity contribution in [1.29, 1.82) is 0 Å². The molecule has 1 saturated heterocycles. The third-order valence-electron chi connectivity index (χ3n) is 4.00. The molecular weight excluding hydrogens is 364 g/mol. The maximum atomic E-state index is 12.3. The summed E-state index contributed by atoms with van der Waals surface area (Å²) in [7, 11) is 0. The summed E-state index contributed by atoms with van der Waals surface area (Å²) in [6.45, 7) is 1.58. The predicted molar refractivity (Wildman–Crippen MR) is 97.2 cm³/mol. The number of piperidine rings is 1. The van der Waals surface area contributed by atoms with Gasteiger partial charge in [-0.1, -0.05) is 0 Å². The molecule has 0 aliphatic carbocycles. The zero-order valence-corrected chi connectivity index (χ0v) is 15.1. The molecule has 1 aliphatic rings. The second-order valence-electron chi connectivity index (χ2n) is 5.80. The quantitative estimate of drug-likeness (QED) is 0.524. The summed E-state index contributed by atoms with van der Waals surface area (Å²) in [5, 5.41) is 13.3. The number of likely N-dealkylation sites (tertiary alicyclic amines) is 1. The summed E-state index contributed by atoms with van der Waals surface area (Å²) in [4.78, 5) is 36.0. The Kier molecular flexibility index (Phi) is 8.80. The van der Waals surface area contributed by atoms with Crippen LogP contribution in [-0.2, 0) is 9.59 Å². The first-order valence-electron chi connectivity index (χ1n) is 8.14. The van der Waals surface area contributed by atoms with Gasteiger partial charge in [-0.3, -0.25) is 19.7 Å². The van der Waals surface area contributed by atoms with Gasteiger partial charge in [0, 0.05) is 38.3 Å². The smallest absolute Gasteiger partial charge is 0.269 e. The second kappa shape index (κ2) is 10.6. The van der Waals surface area contributed by atoms with Gasteiger partial charge in [0.15, 0.2) is 6.61 Å². The molecule has 0 spiro atoms. The molecule has 9 nitrogen and oxygen atoms in total. The molecule has 0 aromatic heterocycles. The Hall–Kier alpha value is -2.39. The van der Waals surface area contributed by atoms with Crippen LogP contribution in [0.3, 0.4) is 0 Å². The maximum Gasteiger partial charge on any atom is 0.269 e. The van der Waals surface area contributed by atoms with Gasteiger partial charge >= 0.3 is 0 Å². The number of ether oxygens (including phenoxy) is 1. The fourth-order valence-corrected chi connectivity index (χ4v) is 2.66. The molecule has 0 saturated carbocycles. The number of non-ortho nitro benzene ring substituents is 1. The highest BCUT2D eigenvalue weighted by Crippen LogP contribution is 2.19. The molecule has 1 aromatic carbocycles. The zero-order chi connectivity index (χ0) is 18.2. The van der Waals surface area contributed by atoms with Crippen molar-refractivity contribution in [3.8, 4) is 5.75 Å². The van der Waals surface area contributed by atoms with Crippen LogP contribution in [0, 0.1) is 16.0 Å². The van der Waals surface area contributed by atoms with Crippen molar-refractivity contribution in [2.24, 2.45) is 11.7 Å². The number of nitrogens with one attached hydrogen (secondary N) is 1. The van der Waals surface area contributed by atoms with E-state index >= 15 is 0 Å². The largest absolute Gasteiger partial charge is 0.484 e. The maximum absolute atomic E-state index is 12.3. The lowest BCUT2D eigenvalue weighted by molar-refractivity contribution is -0.384. The number of nitro benzene ring substituents is 1. The van der Waals surface area contributed by atoms with Crippen molar-refractivity contribution in [1.82, 2.24) is 10.2 Å². The Morgan fingerprint density at radius 3 is 2.65 bits per heavy atom. The first kappa shape index (κ1) is 21.7. The van der Waals surface area contributed by atoms with Crippen LogP contribution in [0.25, 0.3) is 0 Å². The molecule has 26 heavy (non-hydrogen) atoms. The molecule has 1 fully saturated rings. The van der Waals surface area contributed by atoms with E-state index in [1.807, 2.05) is 0 Å². The standard InChI is InChI=1S/C16H22N4O5.ClH/c17-7-8-18-16(22)12-2-1-9-19(10-12)15(21)11-25-14-5-3-13(4-6-14)20(23)24;/h3-6,12H,1-2,7-11,17H2,(H,18,22);1H. The number of amides is 2. The number of halogens is 1. The summed E-state index contributed by atoms with van der Waals surface area (Å²) >= 11 is 0. The molecule has 1 aromatic rings. The second-order valence-corrected chi connectivity index (χ2v) is 5.80. The van der Waals surface area contributed by atoms with Crippen LogP contribution in [-0.4, -0.2) is 54.4 Å². The molecule has 3 N–H and O–H groups in total. The van der Waals surface area contributed by atoms with Crippen LogP contribution in [0.1, 0.15) is 12.8 Å². The van der Waals surface area contributed by atoms with Crippen molar-refractivity contribution in [3.05, 3.63) is 34.4 Å². The molecule has 0 radical (unpaired) electrons. The molecule has 1 aliphatic heterocycles. The van der Waals surface area contributed by atoms with Crippen molar-refractivity contribution >= 4 is 29.9 Å². The number of hydrogen-bond donors (Lipinski definition) is 2. The van der Waals surface area contributed by atoms with Crippen LogP contribution in [0.2, 0.25) is 0 Å². The summed E-state index contributed by atoms with van der Waals surface area (Å²) in [6, 6.07) is 5.53. The topological polar surface area (TPSA) is 128 Å². The van der Waals surface area contributed by atoms with Gasteiger partial charge in [0.1, 0.15) is 5.75 Å². The van der Waals surface area contributed by atoms with E-state index in [4.69, 9.17) is 10.5 Å². The fraction of sp³-hybridized carbons (Fsp3) is 0.500. The first-order chi connectivity index (χ1) is 12.0. The highest BCUT2D eigenvalue weighted by Gasteiger charge is 2.28. The van der Waals surface area contributed by atoms with Crippen LogP contribution in [0.15, 0.2) is 24.3 Å². The summed E-state index contributed by atoms with van der Waals surface area (Å²) < 4.78 is 5.39. The average Bonchev–Trinajstić information content (AvgIpc) is 2.64. The van der Waals surface area contributed by atoms with Gasteiger partial charge < -0.3 is 20.7 Å². The third kappa shape index (κ3) is 6.16. The van der Waals surface area contributed by atoms with Gasteiger partial charge in [-0.2, -0.15) is 0 Å². The van der Waals surface area contributed by atoms with E-state index in [0.717, 1.165) is 12.8 Å². The summed E-state index contributed by atoms with van der Waals surface area (Å²) in [5.74, 6) is -0.147. The highest BCUT2D eigenvalue weighted by atomic mass is 35.5. The molecular formula is C16H23ClN4O5. The Morgan fingerprint density at radius 2 is 2.04 bits per heavy atom. The van der Waals surface area contributed by atoms with E-state index in [-0.39, 0.29) is 42.4 Å². The molecule has 2 amide bonds. The van der Waals surface area contributed by atoms with Gasteiger partial charge in [-0.15, -0.1) is 12.4 Å². The number of carbonyl (C=O) groups excluding carboxylic acids is 2. The van der Waals surface area contributed by atoms with Gasteiger partial charge in [0.05, 0.1) is 10.8 Å². The van der Waals surface area contributed by atoms with Crippen molar-refractivity contribution < 1.29 is 19.2 Å². The minimum absolute atomic E-state index is 0. The molecule has 1 atom stereocenters. The van der Waals surface area contributed by atoms with Crippen LogP contribution in [0.4, 0.5) is 5.69 Å². The monoisotopic (exact) mass is 386 g/mol. The number of carbonyl (C=O) groups is 2. The van der Waals surface area contributed by atoms with E-state index in [1.165, 1.54) is 24.3 Å².